The number of nitrogens with zero attached hydrogens (tertiary/aromatic N) is 2. The molecule has 0 unspecified atom stereocenters. The van der Waals surface area contributed by atoms with Gasteiger partial charge < -0.3 is 9.80 Å². The molecule has 10 heteroatoms. The molecule has 4 rings (SSSR count). The highest BCUT2D eigenvalue weighted by molar-refractivity contribution is 7.89. The van der Waals surface area contributed by atoms with Crippen molar-refractivity contribution in [1.82, 2.24) is 9.80 Å². The van der Waals surface area contributed by atoms with Crippen LogP contribution in [0.1, 0.15) is 42.1 Å². The van der Waals surface area contributed by atoms with E-state index >= 15 is 0 Å². The summed E-state index contributed by atoms with van der Waals surface area (Å²) >= 11 is 7.51. The smallest absolute Gasteiger partial charge is 0.256 e. The molecule has 2 aromatic carbocycles. The maximum atomic E-state index is 14.0. The molecule has 2 amide bonds. The third-order valence-electron chi connectivity index (χ3n) is 6.93. The van der Waals surface area contributed by atoms with E-state index < -0.39 is 15.6 Å². The number of carbonyl (C=O) groups excluding carboxylic acids is 2. The molecule has 36 heavy (non-hydrogen) atoms. The fourth-order valence-corrected chi connectivity index (χ4v) is 6.39. The predicted octanol–water partition coefficient (Wildman–Crippen LogP) is 4.30. The molecular formula is C26H30ClN3O4S2. The van der Waals surface area contributed by atoms with E-state index in [1.54, 1.807) is 21.9 Å². The van der Waals surface area contributed by atoms with Gasteiger partial charge in [0.15, 0.2) is 0 Å². The molecule has 2 heterocycles. The van der Waals surface area contributed by atoms with Gasteiger partial charge in [-0.15, -0.1) is 11.3 Å². The van der Waals surface area contributed by atoms with Gasteiger partial charge in [0.2, 0.25) is 15.9 Å². The van der Waals surface area contributed by atoms with E-state index in [0.717, 1.165) is 15.6 Å². The second kappa shape index (κ2) is 10.9. The third kappa shape index (κ3) is 5.59. The van der Waals surface area contributed by atoms with Crippen LogP contribution >= 0.6 is 22.9 Å². The lowest BCUT2D eigenvalue weighted by Crippen LogP contribution is -2.69. The number of hydrogen-bond donors (Lipinski definition) is 1. The van der Waals surface area contributed by atoms with Crippen LogP contribution in [0.4, 0.5) is 0 Å². The molecule has 1 saturated heterocycles. The lowest BCUT2D eigenvalue weighted by Gasteiger charge is -2.52. The number of nitrogens with two attached hydrogens (primary N) is 1. The van der Waals surface area contributed by atoms with Gasteiger partial charge in [-0.25, -0.2) is 13.6 Å². The minimum atomic E-state index is -3.64. The van der Waals surface area contributed by atoms with Gasteiger partial charge in [-0.2, -0.15) is 0 Å². The first-order chi connectivity index (χ1) is 17.1. The number of likely N-dealkylation sites (tertiary alicyclic amines) is 1. The number of fused-ring (bicyclic) bond motifs is 1. The Balaban J connectivity index is 1.56. The topological polar surface area (TPSA) is 101 Å². The molecule has 1 aliphatic rings. The Bertz CT molecular complexity index is 1350. The Labute approximate surface area is 220 Å². The van der Waals surface area contributed by atoms with E-state index in [0.29, 0.717) is 42.9 Å². The highest BCUT2D eigenvalue weighted by Gasteiger charge is 2.53. The fourth-order valence-electron chi connectivity index (χ4n) is 4.80. The summed E-state index contributed by atoms with van der Waals surface area (Å²) in [6.45, 7) is 3.07. The van der Waals surface area contributed by atoms with Crippen molar-refractivity contribution in [2.45, 2.75) is 38.1 Å². The SMILES string of the molecule is CC[C@@]1(C(=O)N(CCCS(N)(=O)=O)CCc2ccc(Cl)cc2)CCN1C(=O)c1csc2ccccc12. The van der Waals surface area contributed by atoms with Gasteiger partial charge in [0, 0.05) is 40.1 Å². The van der Waals surface area contributed by atoms with Gasteiger partial charge in [-0.05, 0) is 49.4 Å². The zero-order valence-corrected chi connectivity index (χ0v) is 22.5. The lowest BCUT2D eigenvalue weighted by atomic mass is 9.79. The Morgan fingerprint density at radius 1 is 1.14 bits per heavy atom. The minimum absolute atomic E-state index is 0.143. The van der Waals surface area contributed by atoms with Crippen molar-refractivity contribution in [3.63, 3.8) is 0 Å². The standard InChI is InChI=1S/C26H30ClN3O4S2/c1-2-26(13-16-30(26)24(31)22-18-35-23-7-4-3-6-21(22)23)25(32)29(14-5-17-36(28,33)34)15-12-19-8-10-20(27)11-9-19/h3-4,6-11,18H,2,5,12-17H2,1H3,(H2,28,33,34)/t26-/m0/s1. The number of rotatable bonds is 10. The van der Waals surface area contributed by atoms with Gasteiger partial charge in [0.25, 0.3) is 5.91 Å². The molecule has 0 aliphatic carbocycles. The largest absolute Gasteiger partial charge is 0.340 e. The van der Waals surface area contributed by atoms with Crippen molar-refractivity contribution in [2.75, 3.05) is 25.4 Å². The second-order valence-electron chi connectivity index (χ2n) is 9.13. The van der Waals surface area contributed by atoms with Crippen molar-refractivity contribution >= 4 is 54.9 Å². The molecule has 0 radical (unpaired) electrons. The highest BCUT2D eigenvalue weighted by Crippen LogP contribution is 2.39. The first-order valence-corrected chi connectivity index (χ1v) is 14.9. The first-order valence-electron chi connectivity index (χ1n) is 12.0. The summed E-state index contributed by atoms with van der Waals surface area (Å²) in [4.78, 5) is 31.0. The number of benzene rings is 2. The van der Waals surface area contributed by atoms with Crippen LogP contribution in [0.25, 0.3) is 10.1 Å². The molecule has 0 bridgehead atoms. The van der Waals surface area contributed by atoms with Crippen molar-refractivity contribution in [1.29, 1.82) is 0 Å². The van der Waals surface area contributed by atoms with E-state index in [1.807, 2.05) is 48.7 Å². The average Bonchev–Trinajstić information content (AvgIpc) is 3.26. The number of thiophene rings is 1. The van der Waals surface area contributed by atoms with Crippen LogP contribution in [0, 0.1) is 0 Å². The normalized spacial score (nSPS) is 17.7. The van der Waals surface area contributed by atoms with Crippen LogP contribution in [-0.4, -0.2) is 61.0 Å². The average molecular weight is 548 g/mol. The highest BCUT2D eigenvalue weighted by atomic mass is 35.5. The van der Waals surface area contributed by atoms with Gasteiger partial charge in [-0.3, -0.25) is 9.59 Å². The molecule has 1 aromatic heterocycles. The molecule has 0 spiro atoms. The van der Waals surface area contributed by atoms with Crippen LogP contribution in [0.2, 0.25) is 5.02 Å². The maximum Gasteiger partial charge on any atom is 0.256 e. The van der Waals surface area contributed by atoms with Gasteiger partial charge >= 0.3 is 0 Å². The summed E-state index contributed by atoms with van der Waals surface area (Å²) in [5.41, 5.74) is 0.685. The third-order valence-corrected chi connectivity index (χ3v) is 9.01. The van der Waals surface area contributed by atoms with Gasteiger partial charge in [0.1, 0.15) is 5.54 Å². The van der Waals surface area contributed by atoms with Crippen LogP contribution in [0.15, 0.2) is 53.9 Å². The molecule has 2 N–H and O–H groups in total. The Morgan fingerprint density at radius 2 is 1.86 bits per heavy atom. The Kier molecular flexibility index (Phi) is 8.04. The van der Waals surface area contributed by atoms with E-state index in [1.165, 1.54) is 11.3 Å². The molecular weight excluding hydrogens is 518 g/mol. The van der Waals surface area contributed by atoms with Crippen molar-refractivity contribution in [3.8, 4) is 0 Å². The molecule has 1 aliphatic heterocycles. The summed E-state index contributed by atoms with van der Waals surface area (Å²) in [6.07, 6.45) is 1.87. The summed E-state index contributed by atoms with van der Waals surface area (Å²) in [5, 5.41) is 8.58. The van der Waals surface area contributed by atoms with E-state index in [4.69, 9.17) is 16.7 Å². The maximum absolute atomic E-state index is 14.0. The summed E-state index contributed by atoms with van der Waals surface area (Å²) in [7, 11) is -3.64. The number of amides is 2. The molecule has 7 nitrogen and oxygen atoms in total. The van der Waals surface area contributed by atoms with E-state index in [2.05, 4.69) is 0 Å². The van der Waals surface area contributed by atoms with Gasteiger partial charge in [-0.1, -0.05) is 48.9 Å². The van der Waals surface area contributed by atoms with E-state index in [-0.39, 0.29) is 30.5 Å². The predicted molar refractivity (Wildman–Crippen MR) is 145 cm³/mol. The molecule has 1 atom stereocenters. The summed E-state index contributed by atoms with van der Waals surface area (Å²) in [6, 6.07) is 15.2. The van der Waals surface area contributed by atoms with Crippen molar-refractivity contribution in [3.05, 3.63) is 70.1 Å². The van der Waals surface area contributed by atoms with Crippen LogP contribution in [-0.2, 0) is 21.2 Å². The minimum Gasteiger partial charge on any atom is -0.340 e. The zero-order chi connectivity index (χ0) is 25.9. The van der Waals surface area contributed by atoms with Crippen LogP contribution in [0.5, 0.6) is 0 Å². The summed E-state index contributed by atoms with van der Waals surface area (Å²) < 4.78 is 24.0. The van der Waals surface area contributed by atoms with Crippen molar-refractivity contribution < 1.29 is 18.0 Å². The number of sulfonamides is 1. The van der Waals surface area contributed by atoms with Crippen molar-refractivity contribution in [2.24, 2.45) is 5.14 Å². The number of halogens is 1. The van der Waals surface area contributed by atoms with Gasteiger partial charge in [0.05, 0.1) is 11.3 Å². The quantitative estimate of drug-likeness (QED) is 0.409. The molecule has 3 aromatic rings. The Morgan fingerprint density at radius 3 is 2.50 bits per heavy atom. The summed E-state index contributed by atoms with van der Waals surface area (Å²) in [5.74, 6) is -0.496. The lowest BCUT2D eigenvalue weighted by molar-refractivity contribution is -0.151. The molecule has 0 saturated carbocycles. The fraction of sp³-hybridized carbons (Fsp3) is 0.385. The van der Waals surface area contributed by atoms with E-state index in [9.17, 15) is 18.0 Å². The first kappa shape index (κ1) is 26.6. The second-order valence-corrected chi connectivity index (χ2v) is 12.2. The number of carbonyl (C=O) groups is 2. The van der Waals surface area contributed by atoms with Crippen LogP contribution < -0.4 is 5.14 Å². The zero-order valence-electron chi connectivity index (χ0n) is 20.2. The molecule has 1 fully saturated rings. The monoisotopic (exact) mass is 547 g/mol. The number of hydrogen-bond acceptors (Lipinski definition) is 5. The van der Waals surface area contributed by atoms with Crippen LogP contribution in [0.3, 0.4) is 0 Å². The molecule has 192 valence electrons. The Hall–Kier alpha value is -2.46. The number of primary sulfonamides is 1.